The predicted octanol–water partition coefficient (Wildman–Crippen LogP) is 0.470. The summed E-state index contributed by atoms with van der Waals surface area (Å²) >= 11 is 0. The number of hydrogen-bond donors (Lipinski definition) is 2. The molecule has 0 radical (unpaired) electrons. The Labute approximate surface area is 118 Å². The van der Waals surface area contributed by atoms with Crippen molar-refractivity contribution < 1.29 is 19.2 Å². The number of hydrogen-bond acceptors (Lipinski definition) is 5. The molecule has 0 aliphatic carbocycles. The fraction of sp³-hybridized carbons (Fsp3) is 0.286. The van der Waals surface area contributed by atoms with Crippen LogP contribution < -0.4 is 10.2 Å². The van der Waals surface area contributed by atoms with Crippen molar-refractivity contribution >= 4 is 12.6 Å². The fourth-order valence-corrected chi connectivity index (χ4v) is 1.83. The molecule has 106 valence electrons. The highest BCUT2D eigenvalue weighted by Gasteiger charge is 2.11. The fourth-order valence-electron chi connectivity index (χ4n) is 1.83. The summed E-state index contributed by atoms with van der Waals surface area (Å²) in [6.45, 7) is 1.99. The highest BCUT2D eigenvalue weighted by molar-refractivity contribution is 6.58. The summed E-state index contributed by atoms with van der Waals surface area (Å²) in [6.07, 6.45) is 1.66. The van der Waals surface area contributed by atoms with Crippen molar-refractivity contribution in [1.29, 1.82) is 0 Å². The molecule has 1 aromatic carbocycles. The number of nitrogens with zero attached hydrogens (tertiary/aromatic N) is 1. The average molecular weight is 275 g/mol. The minimum absolute atomic E-state index is 0.423. The summed E-state index contributed by atoms with van der Waals surface area (Å²) in [6, 6.07) is 10.6. The van der Waals surface area contributed by atoms with Gasteiger partial charge in [0.05, 0.1) is 12.8 Å². The third-order valence-electron chi connectivity index (χ3n) is 2.90. The quantitative estimate of drug-likeness (QED) is 0.719. The van der Waals surface area contributed by atoms with Crippen LogP contribution in [0.15, 0.2) is 47.1 Å². The van der Waals surface area contributed by atoms with E-state index in [4.69, 9.17) is 19.2 Å². The molecule has 1 aromatic heterocycles. The zero-order valence-corrected chi connectivity index (χ0v) is 11.4. The van der Waals surface area contributed by atoms with E-state index >= 15 is 0 Å². The van der Waals surface area contributed by atoms with E-state index in [1.54, 1.807) is 30.5 Å². The highest BCUT2D eigenvalue weighted by atomic mass is 16.5. The zero-order valence-electron chi connectivity index (χ0n) is 11.4. The molecule has 5 nitrogen and oxygen atoms in total. The van der Waals surface area contributed by atoms with Crippen LogP contribution in [0.2, 0.25) is 0 Å². The number of furan rings is 1. The lowest BCUT2D eigenvalue weighted by molar-refractivity contribution is 0.222. The number of likely N-dealkylation sites (N-methyl/N-ethyl adjacent to an activating group) is 1. The van der Waals surface area contributed by atoms with E-state index in [-0.39, 0.29) is 0 Å². The summed E-state index contributed by atoms with van der Waals surface area (Å²) in [5.74, 6) is 1.54. The molecule has 2 N–H and O–H groups in total. The number of rotatable bonds is 7. The molecule has 0 spiro atoms. The third kappa shape index (κ3) is 4.41. The second kappa shape index (κ2) is 7.14. The van der Waals surface area contributed by atoms with E-state index in [0.717, 1.165) is 18.8 Å². The lowest BCUT2D eigenvalue weighted by atomic mass is 9.80. The SMILES string of the molecule is CN(CCOc1cccc(B(O)O)c1)Cc1ccco1. The number of benzene rings is 1. The molecule has 2 rings (SSSR count). The van der Waals surface area contributed by atoms with Crippen LogP contribution in [0.1, 0.15) is 5.76 Å². The zero-order chi connectivity index (χ0) is 14.4. The van der Waals surface area contributed by atoms with Gasteiger partial charge in [0.1, 0.15) is 18.1 Å². The van der Waals surface area contributed by atoms with Crippen LogP contribution in [0.4, 0.5) is 0 Å². The van der Waals surface area contributed by atoms with Crippen molar-refractivity contribution in [3.63, 3.8) is 0 Å². The Balaban J connectivity index is 1.76. The van der Waals surface area contributed by atoms with Gasteiger partial charge in [-0.2, -0.15) is 0 Å². The maximum Gasteiger partial charge on any atom is 0.488 e. The Hall–Kier alpha value is -1.76. The van der Waals surface area contributed by atoms with Crippen LogP contribution in [0.3, 0.4) is 0 Å². The first-order valence-corrected chi connectivity index (χ1v) is 6.45. The molecule has 0 aliphatic rings. The average Bonchev–Trinajstić information content (AvgIpc) is 2.92. The van der Waals surface area contributed by atoms with Crippen molar-refractivity contribution in [3.05, 3.63) is 48.4 Å². The molecule has 6 heteroatoms. The Morgan fingerprint density at radius 2 is 2.10 bits per heavy atom. The molecule has 0 atom stereocenters. The predicted molar refractivity (Wildman–Crippen MR) is 76.8 cm³/mol. The molecule has 0 aliphatic heterocycles. The van der Waals surface area contributed by atoms with Gasteiger partial charge in [-0.05, 0) is 36.8 Å². The van der Waals surface area contributed by atoms with Gasteiger partial charge in [0, 0.05) is 6.54 Å². The van der Waals surface area contributed by atoms with Gasteiger partial charge in [0.15, 0.2) is 0 Å². The molecule has 0 saturated carbocycles. The van der Waals surface area contributed by atoms with Crippen molar-refractivity contribution in [2.45, 2.75) is 6.54 Å². The molecule has 0 saturated heterocycles. The molecule has 0 fully saturated rings. The van der Waals surface area contributed by atoms with Gasteiger partial charge in [-0.1, -0.05) is 12.1 Å². The number of ether oxygens (including phenoxy) is 1. The van der Waals surface area contributed by atoms with Gasteiger partial charge >= 0.3 is 7.12 Å². The van der Waals surface area contributed by atoms with E-state index in [9.17, 15) is 0 Å². The first-order valence-electron chi connectivity index (χ1n) is 6.45. The normalized spacial score (nSPS) is 10.8. The lowest BCUT2D eigenvalue weighted by Gasteiger charge is -2.15. The minimum atomic E-state index is -1.47. The Morgan fingerprint density at radius 1 is 1.25 bits per heavy atom. The molecule has 2 aromatic rings. The maximum atomic E-state index is 9.09. The van der Waals surface area contributed by atoms with E-state index in [0.29, 0.717) is 17.8 Å². The molecule has 0 bridgehead atoms. The third-order valence-corrected chi connectivity index (χ3v) is 2.90. The van der Waals surface area contributed by atoms with Crippen molar-refractivity contribution in [1.82, 2.24) is 4.90 Å². The Morgan fingerprint density at radius 3 is 2.80 bits per heavy atom. The maximum absolute atomic E-state index is 9.09. The van der Waals surface area contributed by atoms with Gasteiger partial charge in [-0.15, -0.1) is 0 Å². The Kier molecular flexibility index (Phi) is 5.23. The molecule has 1 heterocycles. The van der Waals surface area contributed by atoms with E-state index in [2.05, 4.69) is 4.90 Å². The van der Waals surface area contributed by atoms with Crippen LogP contribution in [-0.2, 0) is 6.54 Å². The summed E-state index contributed by atoms with van der Waals surface area (Å²) in [5.41, 5.74) is 0.423. The lowest BCUT2D eigenvalue weighted by Crippen LogP contribution is -2.29. The topological polar surface area (TPSA) is 66.1 Å². The van der Waals surface area contributed by atoms with E-state index in [1.807, 2.05) is 19.2 Å². The van der Waals surface area contributed by atoms with E-state index < -0.39 is 7.12 Å². The summed E-state index contributed by atoms with van der Waals surface area (Å²) in [7, 11) is 0.514. The summed E-state index contributed by atoms with van der Waals surface area (Å²) in [4.78, 5) is 2.09. The van der Waals surface area contributed by atoms with Gasteiger partial charge < -0.3 is 19.2 Å². The molecule has 0 amide bonds. The van der Waals surface area contributed by atoms with Crippen molar-refractivity contribution in [3.8, 4) is 5.75 Å². The smallest absolute Gasteiger partial charge is 0.488 e. The molecule has 20 heavy (non-hydrogen) atoms. The second-order valence-corrected chi connectivity index (χ2v) is 4.61. The van der Waals surface area contributed by atoms with Crippen molar-refractivity contribution in [2.24, 2.45) is 0 Å². The van der Waals surface area contributed by atoms with Crippen LogP contribution in [0.5, 0.6) is 5.75 Å². The van der Waals surface area contributed by atoms with Gasteiger partial charge in [-0.3, -0.25) is 4.90 Å². The summed E-state index contributed by atoms with van der Waals surface area (Å²) < 4.78 is 10.9. The first-order chi connectivity index (χ1) is 9.65. The largest absolute Gasteiger partial charge is 0.492 e. The van der Waals surface area contributed by atoms with Gasteiger partial charge in [0.25, 0.3) is 0 Å². The van der Waals surface area contributed by atoms with Crippen LogP contribution in [0, 0.1) is 0 Å². The van der Waals surface area contributed by atoms with Crippen LogP contribution in [-0.4, -0.2) is 42.3 Å². The Bertz CT molecular complexity index is 516. The minimum Gasteiger partial charge on any atom is -0.492 e. The van der Waals surface area contributed by atoms with Gasteiger partial charge in [0.2, 0.25) is 0 Å². The standard InChI is InChI=1S/C14H18BNO4/c1-16(11-14-6-3-8-19-14)7-9-20-13-5-2-4-12(10-13)15(17)18/h2-6,8,10,17-18H,7,9,11H2,1H3. The molecular weight excluding hydrogens is 257 g/mol. The van der Waals surface area contributed by atoms with Crippen LogP contribution in [0.25, 0.3) is 0 Å². The van der Waals surface area contributed by atoms with Crippen molar-refractivity contribution in [2.75, 3.05) is 20.2 Å². The first kappa shape index (κ1) is 14.6. The second-order valence-electron chi connectivity index (χ2n) is 4.61. The molecule has 0 unspecified atom stereocenters. The van der Waals surface area contributed by atoms with Crippen LogP contribution >= 0.6 is 0 Å². The monoisotopic (exact) mass is 275 g/mol. The van der Waals surface area contributed by atoms with E-state index in [1.165, 1.54) is 0 Å². The van der Waals surface area contributed by atoms with Gasteiger partial charge in [-0.25, -0.2) is 0 Å². The summed E-state index contributed by atoms with van der Waals surface area (Å²) in [5, 5.41) is 18.2. The highest BCUT2D eigenvalue weighted by Crippen LogP contribution is 2.08. The molecular formula is C14H18BNO4.